The number of carboxylic acids is 2. The van der Waals surface area contributed by atoms with Crippen LogP contribution in [-0.2, 0) is 0 Å². The summed E-state index contributed by atoms with van der Waals surface area (Å²) in [6.07, 6.45) is 0. The number of aromatic carboxylic acids is 2. The quantitative estimate of drug-likeness (QED) is 0.338. The molecule has 0 aliphatic heterocycles. The summed E-state index contributed by atoms with van der Waals surface area (Å²) in [6.45, 7) is 0. The third-order valence-corrected chi connectivity index (χ3v) is 5.05. The summed E-state index contributed by atoms with van der Waals surface area (Å²) >= 11 is 6.79. The summed E-state index contributed by atoms with van der Waals surface area (Å²) < 4.78 is 13.3. The van der Waals surface area contributed by atoms with Gasteiger partial charge < -0.3 is 19.4 Å². The average Bonchev–Trinajstić information content (AvgIpc) is 3.00. The van der Waals surface area contributed by atoms with E-state index in [1.165, 1.54) is 18.2 Å². The number of benzene rings is 3. The lowest BCUT2D eigenvalue weighted by atomic mass is 10.1. The van der Waals surface area contributed by atoms with E-state index in [2.05, 4.69) is 31.9 Å². The Balaban J connectivity index is 2.03. The van der Waals surface area contributed by atoms with Crippen molar-refractivity contribution in [2.75, 3.05) is 0 Å². The van der Waals surface area contributed by atoms with Crippen molar-refractivity contribution >= 4 is 65.7 Å². The lowest BCUT2D eigenvalue weighted by Crippen LogP contribution is -1.97. The zero-order valence-electron chi connectivity index (χ0n) is 13.9. The molecule has 3 aromatic carbocycles. The van der Waals surface area contributed by atoms with E-state index in [-0.39, 0.29) is 22.3 Å². The van der Waals surface area contributed by atoms with Crippen molar-refractivity contribution in [2.24, 2.45) is 0 Å². The first-order valence-electron chi connectivity index (χ1n) is 7.94. The van der Waals surface area contributed by atoms with Crippen LogP contribution in [0, 0.1) is 0 Å². The molecule has 28 heavy (non-hydrogen) atoms. The fourth-order valence-corrected chi connectivity index (χ4v) is 4.26. The molecule has 0 atom stereocenters. The number of halogens is 2. The Hall–Kier alpha value is -2.84. The smallest absolute Gasteiger partial charge is 0.339 e. The topological polar surface area (TPSA) is 97.0 Å². The molecule has 8 heteroatoms. The molecule has 0 spiro atoms. The van der Waals surface area contributed by atoms with Gasteiger partial charge in [0.25, 0.3) is 0 Å². The van der Waals surface area contributed by atoms with E-state index in [1.54, 1.807) is 24.3 Å². The van der Waals surface area contributed by atoms with E-state index >= 15 is 0 Å². The third-order valence-electron chi connectivity index (χ3n) is 4.13. The number of rotatable bonds is 4. The maximum Gasteiger partial charge on any atom is 0.339 e. The van der Waals surface area contributed by atoms with Gasteiger partial charge in [0.1, 0.15) is 28.2 Å². The van der Waals surface area contributed by atoms with Crippen molar-refractivity contribution in [1.29, 1.82) is 0 Å². The molecule has 0 bridgehead atoms. The molecule has 0 radical (unpaired) electrons. The number of ether oxygens (including phenoxy) is 1. The van der Waals surface area contributed by atoms with Gasteiger partial charge in [-0.1, -0.05) is 44.0 Å². The van der Waals surface area contributed by atoms with Crippen LogP contribution in [0.3, 0.4) is 0 Å². The Bertz CT molecular complexity index is 1250. The molecule has 1 aromatic heterocycles. The van der Waals surface area contributed by atoms with Crippen molar-refractivity contribution in [1.82, 2.24) is 0 Å². The van der Waals surface area contributed by atoms with E-state index in [1.807, 2.05) is 6.07 Å². The standard InChI is InChI=1S/C20H10Br2O6/c21-9-6-10(22)8-11(7-9)27-15-5-4-14(20(25)26)18-16(15)12-2-1-3-13(19(23)24)17(12)28-18/h1-8H,(H,23,24)(H,25,26). The van der Waals surface area contributed by atoms with Gasteiger partial charge in [0.05, 0.1) is 5.39 Å². The molecule has 0 fully saturated rings. The molecule has 2 N–H and O–H groups in total. The van der Waals surface area contributed by atoms with E-state index in [0.717, 1.165) is 8.95 Å². The van der Waals surface area contributed by atoms with Crippen LogP contribution in [-0.4, -0.2) is 22.2 Å². The molecule has 0 saturated carbocycles. The fourth-order valence-electron chi connectivity index (χ4n) is 3.01. The summed E-state index contributed by atoms with van der Waals surface area (Å²) in [5.74, 6) is -1.49. The minimum Gasteiger partial charge on any atom is -0.478 e. The lowest BCUT2D eigenvalue weighted by Gasteiger charge is -2.09. The van der Waals surface area contributed by atoms with Crippen LogP contribution < -0.4 is 4.74 Å². The van der Waals surface area contributed by atoms with Crippen LogP contribution >= 0.6 is 31.9 Å². The Morgan fingerprint density at radius 2 is 1.50 bits per heavy atom. The van der Waals surface area contributed by atoms with Gasteiger partial charge in [0.2, 0.25) is 0 Å². The Morgan fingerprint density at radius 3 is 2.14 bits per heavy atom. The zero-order valence-corrected chi connectivity index (χ0v) is 17.1. The maximum absolute atomic E-state index is 11.6. The molecule has 0 amide bonds. The fraction of sp³-hybridized carbons (Fsp3) is 0. The summed E-state index contributed by atoms with van der Waals surface area (Å²) in [5.41, 5.74) is 0.0215. The normalized spacial score (nSPS) is 11.1. The molecule has 140 valence electrons. The van der Waals surface area contributed by atoms with E-state index < -0.39 is 11.9 Å². The van der Waals surface area contributed by atoms with Crippen molar-refractivity contribution < 1.29 is 29.0 Å². The summed E-state index contributed by atoms with van der Waals surface area (Å²) in [6, 6.07) is 12.9. The van der Waals surface area contributed by atoms with Gasteiger partial charge in [0, 0.05) is 14.3 Å². The summed E-state index contributed by atoms with van der Waals surface area (Å²) in [7, 11) is 0. The molecule has 0 aliphatic carbocycles. The number of carboxylic acid groups (broad SMARTS) is 2. The summed E-state index contributed by atoms with van der Waals surface area (Å²) in [5, 5.41) is 19.8. The first-order valence-corrected chi connectivity index (χ1v) is 9.52. The molecule has 4 rings (SSSR count). The van der Waals surface area contributed by atoms with Crippen molar-refractivity contribution in [3.8, 4) is 11.5 Å². The molecule has 0 aliphatic rings. The van der Waals surface area contributed by atoms with Crippen LogP contribution in [0.15, 0.2) is 61.9 Å². The third kappa shape index (κ3) is 3.14. The van der Waals surface area contributed by atoms with Gasteiger partial charge in [-0.2, -0.15) is 0 Å². The second-order valence-electron chi connectivity index (χ2n) is 5.92. The lowest BCUT2D eigenvalue weighted by molar-refractivity contribution is 0.0688. The number of furan rings is 1. The second-order valence-corrected chi connectivity index (χ2v) is 7.75. The zero-order chi connectivity index (χ0) is 20.0. The van der Waals surface area contributed by atoms with Gasteiger partial charge in [-0.05, 0) is 36.4 Å². The number of hydrogen-bond donors (Lipinski definition) is 2. The average molecular weight is 506 g/mol. The predicted molar refractivity (Wildman–Crippen MR) is 110 cm³/mol. The van der Waals surface area contributed by atoms with Crippen LogP contribution in [0.1, 0.15) is 20.7 Å². The molecule has 1 heterocycles. The van der Waals surface area contributed by atoms with Crippen molar-refractivity contribution in [2.45, 2.75) is 0 Å². The molecule has 0 unspecified atom stereocenters. The van der Waals surface area contributed by atoms with Gasteiger partial charge in [-0.25, -0.2) is 9.59 Å². The first kappa shape index (κ1) is 18.5. The highest BCUT2D eigenvalue weighted by Crippen LogP contribution is 2.41. The Morgan fingerprint density at radius 1 is 0.857 bits per heavy atom. The molecule has 6 nitrogen and oxygen atoms in total. The number of para-hydroxylation sites is 1. The largest absolute Gasteiger partial charge is 0.478 e. The first-order chi connectivity index (χ1) is 13.3. The van der Waals surface area contributed by atoms with Gasteiger partial charge in [-0.3, -0.25) is 0 Å². The monoisotopic (exact) mass is 504 g/mol. The Labute approximate surface area is 174 Å². The van der Waals surface area contributed by atoms with E-state index in [9.17, 15) is 19.8 Å². The minimum atomic E-state index is -1.18. The highest BCUT2D eigenvalue weighted by atomic mass is 79.9. The molecular weight excluding hydrogens is 496 g/mol. The Kier molecular flexibility index (Phi) is 4.60. The highest BCUT2D eigenvalue weighted by molar-refractivity contribution is 9.11. The molecular formula is C20H10Br2O6. The minimum absolute atomic E-state index is 0.0545. The van der Waals surface area contributed by atoms with E-state index in [4.69, 9.17) is 9.15 Å². The van der Waals surface area contributed by atoms with Gasteiger partial charge >= 0.3 is 11.9 Å². The van der Waals surface area contributed by atoms with Crippen molar-refractivity contribution in [3.63, 3.8) is 0 Å². The van der Waals surface area contributed by atoms with Gasteiger partial charge in [0.15, 0.2) is 5.58 Å². The molecule has 0 saturated heterocycles. The van der Waals surface area contributed by atoms with Crippen LogP contribution in [0.5, 0.6) is 11.5 Å². The van der Waals surface area contributed by atoms with Crippen LogP contribution in [0.4, 0.5) is 0 Å². The second kappa shape index (κ2) is 6.96. The number of hydrogen-bond acceptors (Lipinski definition) is 4. The SMILES string of the molecule is O=C(O)c1cccc2c1oc1c(C(=O)O)ccc(Oc3cc(Br)cc(Br)c3)c12. The molecule has 4 aromatic rings. The van der Waals surface area contributed by atoms with Gasteiger partial charge in [-0.15, -0.1) is 0 Å². The van der Waals surface area contributed by atoms with E-state index in [0.29, 0.717) is 22.3 Å². The summed E-state index contributed by atoms with van der Waals surface area (Å²) in [4.78, 5) is 23.2. The highest BCUT2D eigenvalue weighted by Gasteiger charge is 2.23. The number of fused-ring (bicyclic) bond motifs is 3. The number of carbonyl (C=O) groups is 2. The predicted octanol–water partition coefficient (Wildman–Crippen LogP) is 6.30. The van der Waals surface area contributed by atoms with Crippen LogP contribution in [0.2, 0.25) is 0 Å². The van der Waals surface area contributed by atoms with Crippen molar-refractivity contribution in [3.05, 3.63) is 68.6 Å². The maximum atomic E-state index is 11.6. The van der Waals surface area contributed by atoms with Crippen LogP contribution in [0.25, 0.3) is 21.9 Å².